The van der Waals surface area contributed by atoms with E-state index in [1.807, 2.05) is 37.3 Å². The number of pyridine rings is 1. The van der Waals surface area contributed by atoms with Gasteiger partial charge in [0.1, 0.15) is 12.6 Å². The van der Waals surface area contributed by atoms with Crippen molar-refractivity contribution in [3.8, 4) is 0 Å². The van der Waals surface area contributed by atoms with Crippen LogP contribution in [-0.2, 0) is 16.1 Å². The number of hydrogen-bond acceptors (Lipinski definition) is 4. The number of benzene rings is 1. The summed E-state index contributed by atoms with van der Waals surface area (Å²) >= 11 is 0. The fraction of sp³-hybridized carbons (Fsp3) is 0.364. The predicted octanol–water partition coefficient (Wildman–Crippen LogP) is 2.50. The molecule has 2 aromatic rings. The van der Waals surface area contributed by atoms with E-state index in [0.29, 0.717) is 18.0 Å². The summed E-state index contributed by atoms with van der Waals surface area (Å²) in [6, 6.07) is 11.9. The van der Waals surface area contributed by atoms with Crippen molar-refractivity contribution in [1.29, 1.82) is 0 Å². The van der Waals surface area contributed by atoms with Crippen molar-refractivity contribution in [2.24, 2.45) is 5.92 Å². The molecule has 150 valence electrons. The zero-order valence-electron chi connectivity index (χ0n) is 16.3. The van der Waals surface area contributed by atoms with E-state index in [2.05, 4.69) is 10.3 Å². The molecule has 29 heavy (non-hydrogen) atoms. The van der Waals surface area contributed by atoms with Gasteiger partial charge in [0.15, 0.2) is 0 Å². The monoisotopic (exact) mass is 392 g/mol. The second kappa shape index (κ2) is 8.03. The lowest BCUT2D eigenvalue weighted by Crippen LogP contribution is -2.46. The molecule has 0 radical (unpaired) electrons. The highest BCUT2D eigenvalue weighted by Gasteiger charge is 2.42. The number of imide groups is 1. The molecule has 1 saturated heterocycles. The summed E-state index contributed by atoms with van der Waals surface area (Å²) in [5, 5.41) is 2.66. The average molecular weight is 392 g/mol. The van der Waals surface area contributed by atoms with Gasteiger partial charge in [-0.2, -0.15) is 0 Å². The molecule has 7 nitrogen and oxygen atoms in total. The first kappa shape index (κ1) is 19.1. The van der Waals surface area contributed by atoms with Gasteiger partial charge in [0, 0.05) is 30.5 Å². The van der Waals surface area contributed by atoms with E-state index < -0.39 is 18.0 Å². The van der Waals surface area contributed by atoms with Gasteiger partial charge in [-0.3, -0.25) is 19.5 Å². The summed E-state index contributed by atoms with van der Waals surface area (Å²) in [7, 11) is 0. The molecule has 2 atom stereocenters. The van der Waals surface area contributed by atoms with Gasteiger partial charge in [-0.25, -0.2) is 4.79 Å². The van der Waals surface area contributed by atoms with E-state index in [4.69, 9.17) is 0 Å². The van der Waals surface area contributed by atoms with Crippen LogP contribution in [0.15, 0.2) is 54.9 Å². The molecule has 4 amide bonds. The van der Waals surface area contributed by atoms with Crippen LogP contribution < -0.4 is 5.32 Å². The Bertz CT molecular complexity index is 899. The molecule has 1 aromatic carbocycles. The van der Waals surface area contributed by atoms with Gasteiger partial charge in [0.2, 0.25) is 5.91 Å². The second-order valence-electron chi connectivity index (χ2n) is 7.68. The maximum atomic E-state index is 13.2. The number of nitrogens with one attached hydrogen (secondary N) is 1. The topological polar surface area (TPSA) is 82.6 Å². The summed E-state index contributed by atoms with van der Waals surface area (Å²) in [6.45, 7) is 2.25. The molecule has 1 aliphatic heterocycles. The average Bonchev–Trinajstić information content (AvgIpc) is 3.56. The molecule has 1 aliphatic carbocycles. The second-order valence-corrected chi connectivity index (χ2v) is 7.68. The minimum absolute atomic E-state index is 0.0672. The first-order valence-corrected chi connectivity index (χ1v) is 9.90. The molecule has 4 rings (SSSR count). The molecule has 1 saturated carbocycles. The molecule has 2 heterocycles. The minimum atomic E-state index is -0.799. The van der Waals surface area contributed by atoms with Gasteiger partial charge in [-0.15, -0.1) is 0 Å². The van der Waals surface area contributed by atoms with E-state index in [9.17, 15) is 14.4 Å². The summed E-state index contributed by atoms with van der Waals surface area (Å²) in [5.74, 6) is -0.160. The summed E-state index contributed by atoms with van der Waals surface area (Å²) in [6.07, 6.45) is 5.36. The Morgan fingerprint density at radius 1 is 1.21 bits per heavy atom. The van der Waals surface area contributed by atoms with E-state index in [0.717, 1.165) is 23.3 Å². The van der Waals surface area contributed by atoms with Gasteiger partial charge < -0.3 is 10.2 Å². The van der Waals surface area contributed by atoms with Crippen molar-refractivity contribution in [2.75, 3.05) is 6.54 Å². The van der Waals surface area contributed by atoms with Crippen molar-refractivity contribution in [3.63, 3.8) is 0 Å². The van der Waals surface area contributed by atoms with Gasteiger partial charge >= 0.3 is 6.03 Å². The molecule has 1 aromatic heterocycles. The maximum absolute atomic E-state index is 13.2. The molecule has 2 unspecified atom stereocenters. The summed E-state index contributed by atoms with van der Waals surface area (Å²) in [4.78, 5) is 45.2. The third-order valence-electron chi connectivity index (χ3n) is 5.65. The number of rotatable bonds is 7. The fourth-order valence-corrected chi connectivity index (χ4v) is 3.74. The highest BCUT2D eigenvalue weighted by Crippen LogP contribution is 2.36. The van der Waals surface area contributed by atoms with Crippen LogP contribution in [0.5, 0.6) is 0 Å². The van der Waals surface area contributed by atoms with Crippen molar-refractivity contribution in [1.82, 2.24) is 20.1 Å². The smallest absolute Gasteiger partial charge is 0.325 e. The number of carbonyl (C=O) groups excluding carboxylic acids is 3. The first-order chi connectivity index (χ1) is 14.0. The highest BCUT2D eigenvalue weighted by molar-refractivity contribution is 6.06. The third kappa shape index (κ3) is 4.13. The molecular formula is C22H24N4O3. The first-order valence-electron chi connectivity index (χ1n) is 9.90. The molecule has 7 heteroatoms. The number of hydrogen-bond donors (Lipinski definition) is 1. The Labute approximate surface area is 169 Å². The van der Waals surface area contributed by atoms with Crippen LogP contribution in [0.4, 0.5) is 4.79 Å². The lowest BCUT2D eigenvalue weighted by Gasteiger charge is -2.30. The van der Waals surface area contributed by atoms with Crippen LogP contribution in [0, 0.1) is 5.92 Å². The SMILES string of the molecule is CC(C1CC1)N(Cc1ccccc1)C(=O)CN1C(=O)NC(c2cccnc2)C1=O. The van der Waals surface area contributed by atoms with Gasteiger partial charge in [0.25, 0.3) is 5.91 Å². The summed E-state index contributed by atoms with van der Waals surface area (Å²) < 4.78 is 0. The molecule has 2 fully saturated rings. The Kier molecular flexibility index (Phi) is 5.29. The number of urea groups is 1. The quantitative estimate of drug-likeness (QED) is 0.734. The van der Waals surface area contributed by atoms with Gasteiger partial charge in [-0.05, 0) is 37.3 Å². The zero-order chi connectivity index (χ0) is 20.4. The Balaban J connectivity index is 1.49. The van der Waals surface area contributed by atoms with E-state index >= 15 is 0 Å². The zero-order valence-corrected chi connectivity index (χ0v) is 16.3. The molecular weight excluding hydrogens is 368 g/mol. The molecule has 0 spiro atoms. The van der Waals surface area contributed by atoms with Crippen LogP contribution in [0.1, 0.15) is 36.9 Å². The molecule has 1 N–H and O–H groups in total. The van der Waals surface area contributed by atoms with E-state index in [-0.39, 0.29) is 18.5 Å². The molecule has 2 aliphatic rings. The highest BCUT2D eigenvalue weighted by atomic mass is 16.2. The van der Waals surface area contributed by atoms with Gasteiger partial charge in [-0.1, -0.05) is 36.4 Å². The van der Waals surface area contributed by atoms with Crippen LogP contribution in [0.2, 0.25) is 0 Å². The lowest BCUT2D eigenvalue weighted by atomic mass is 10.1. The predicted molar refractivity (Wildman–Crippen MR) is 106 cm³/mol. The number of nitrogens with zero attached hydrogens (tertiary/aromatic N) is 3. The number of amides is 4. The normalized spacial score (nSPS) is 19.8. The van der Waals surface area contributed by atoms with E-state index in [1.54, 1.807) is 29.4 Å². The van der Waals surface area contributed by atoms with E-state index in [1.165, 1.54) is 0 Å². The van der Waals surface area contributed by atoms with Crippen LogP contribution in [0.3, 0.4) is 0 Å². The van der Waals surface area contributed by atoms with Gasteiger partial charge in [0.05, 0.1) is 0 Å². The fourth-order valence-electron chi connectivity index (χ4n) is 3.74. The largest absolute Gasteiger partial charge is 0.334 e. The number of aromatic nitrogens is 1. The van der Waals surface area contributed by atoms with Crippen molar-refractivity contribution < 1.29 is 14.4 Å². The van der Waals surface area contributed by atoms with Crippen LogP contribution in [0.25, 0.3) is 0 Å². The lowest BCUT2D eigenvalue weighted by molar-refractivity contribution is -0.139. The van der Waals surface area contributed by atoms with Crippen LogP contribution >= 0.6 is 0 Å². The van der Waals surface area contributed by atoms with Crippen molar-refractivity contribution in [3.05, 3.63) is 66.0 Å². The van der Waals surface area contributed by atoms with Crippen molar-refractivity contribution >= 4 is 17.8 Å². The molecule has 0 bridgehead atoms. The maximum Gasteiger partial charge on any atom is 0.325 e. The standard InChI is InChI=1S/C22H24N4O3/c1-15(17-9-10-17)25(13-16-6-3-2-4-7-16)19(27)14-26-21(28)20(24-22(26)29)18-8-5-11-23-12-18/h2-8,11-12,15,17,20H,9-10,13-14H2,1H3,(H,24,29). The van der Waals surface area contributed by atoms with Crippen molar-refractivity contribution in [2.45, 2.75) is 38.4 Å². The van der Waals surface area contributed by atoms with Crippen LogP contribution in [-0.4, -0.2) is 45.2 Å². The minimum Gasteiger partial charge on any atom is -0.334 e. The third-order valence-corrected chi connectivity index (χ3v) is 5.65. The Morgan fingerprint density at radius 2 is 1.97 bits per heavy atom. The Morgan fingerprint density at radius 3 is 2.62 bits per heavy atom. The summed E-state index contributed by atoms with van der Waals surface area (Å²) in [5.41, 5.74) is 1.63. The Hall–Kier alpha value is -3.22. The number of carbonyl (C=O) groups is 3.